The molecule has 0 bridgehead atoms. The fourth-order valence-electron chi connectivity index (χ4n) is 2.18. The summed E-state index contributed by atoms with van der Waals surface area (Å²) in [6.07, 6.45) is 1.97. The van der Waals surface area contributed by atoms with E-state index in [9.17, 15) is 0 Å². The van der Waals surface area contributed by atoms with Gasteiger partial charge >= 0.3 is 0 Å². The molecule has 2 aromatic rings. The highest BCUT2D eigenvalue weighted by Gasteiger charge is 2.17. The molecule has 1 N–H and O–H groups in total. The molecule has 3 nitrogen and oxygen atoms in total. The Balaban J connectivity index is 2.39. The fraction of sp³-hybridized carbons (Fsp3) is 0.400. The number of nitrogens with one attached hydrogen (secondary N) is 1. The summed E-state index contributed by atoms with van der Waals surface area (Å²) >= 11 is 1.74. The molecule has 0 aliphatic carbocycles. The maximum absolute atomic E-state index is 5.27. The number of methoxy groups -OCH3 is 1. The summed E-state index contributed by atoms with van der Waals surface area (Å²) in [5.74, 6) is 0.900. The monoisotopic (exact) mass is 276 g/mol. The van der Waals surface area contributed by atoms with Crippen LogP contribution in [0.25, 0.3) is 0 Å². The lowest BCUT2D eigenvalue weighted by atomic mass is 10.00. The van der Waals surface area contributed by atoms with Crippen LogP contribution in [0, 0.1) is 13.8 Å². The molecule has 1 aromatic heterocycles. The largest absolute Gasteiger partial charge is 0.497 e. The summed E-state index contributed by atoms with van der Waals surface area (Å²) in [6.45, 7) is 7.21. The van der Waals surface area contributed by atoms with Gasteiger partial charge in [0, 0.05) is 11.1 Å². The van der Waals surface area contributed by atoms with Gasteiger partial charge in [-0.15, -0.1) is 11.3 Å². The highest BCUT2D eigenvalue weighted by Crippen LogP contribution is 2.30. The number of nitrogens with zero attached hydrogens (tertiary/aromatic N) is 1. The summed E-state index contributed by atoms with van der Waals surface area (Å²) in [5.41, 5.74) is 2.52. The molecule has 4 heteroatoms. The van der Waals surface area contributed by atoms with E-state index >= 15 is 0 Å². The lowest BCUT2D eigenvalue weighted by Crippen LogP contribution is -2.21. The number of rotatable bonds is 5. The first-order valence-corrected chi connectivity index (χ1v) is 7.27. The van der Waals surface area contributed by atoms with Crippen molar-refractivity contribution in [1.82, 2.24) is 10.3 Å². The van der Waals surface area contributed by atoms with E-state index in [4.69, 9.17) is 4.74 Å². The quantitative estimate of drug-likeness (QED) is 0.908. The van der Waals surface area contributed by atoms with Gasteiger partial charge in [-0.1, -0.05) is 13.0 Å². The lowest BCUT2D eigenvalue weighted by Gasteiger charge is -2.19. The smallest absolute Gasteiger partial charge is 0.119 e. The minimum atomic E-state index is 0.210. The third-order valence-corrected chi connectivity index (χ3v) is 4.10. The number of aromatic nitrogens is 1. The van der Waals surface area contributed by atoms with Crippen LogP contribution >= 0.6 is 11.3 Å². The minimum Gasteiger partial charge on any atom is -0.497 e. The first kappa shape index (κ1) is 14.0. The highest BCUT2D eigenvalue weighted by molar-refractivity contribution is 7.11. The van der Waals surface area contributed by atoms with Crippen LogP contribution in [0.2, 0.25) is 0 Å². The molecule has 2 rings (SSSR count). The van der Waals surface area contributed by atoms with Crippen molar-refractivity contribution in [1.29, 1.82) is 0 Å². The van der Waals surface area contributed by atoms with Crippen LogP contribution in [0.5, 0.6) is 5.75 Å². The topological polar surface area (TPSA) is 34.2 Å². The second-order valence-corrected chi connectivity index (χ2v) is 5.76. The van der Waals surface area contributed by atoms with E-state index in [1.165, 1.54) is 16.0 Å². The molecule has 102 valence electrons. The first-order chi connectivity index (χ1) is 9.15. The van der Waals surface area contributed by atoms with Crippen molar-refractivity contribution in [2.75, 3.05) is 13.7 Å². The fourth-order valence-corrected chi connectivity index (χ4v) is 3.06. The second-order valence-electron chi connectivity index (χ2n) is 4.49. The highest BCUT2D eigenvalue weighted by atomic mass is 32.1. The van der Waals surface area contributed by atoms with Gasteiger partial charge in [0.2, 0.25) is 0 Å². The van der Waals surface area contributed by atoms with Crippen LogP contribution in [-0.4, -0.2) is 18.6 Å². The van der Waals surface area contributed by atoms with Crippen molar-refractivity contribution in [3.05, 3.63) is 45.4 Å². The third kappa shape index (κ3) is 3.14. The van der Waals surface area contributed by atoms with Crippen LogP contribution in [0.4, 0.5) is 0 Å². The minimum absolute atomic E-state index is 0.210. The Morgan fingerprint density at radius 3 is 2.68 bits per heavy atom. The molecule has 0 saturated carbocycles. The predicted octanol–water partition coefficient (Wildman–Crippen LogP) is 3.47. The number of aryl methyl sites for hydroxylation is 2. The Morgan fingerprint density at radius 2 is 2.16 bits per heavy atom. The number of ether oxygens (including phenoxy) is 1. The normalized spacial score (nSPS) is 12.4. The molecule has 0 saturated heterocycles. The summed E-state index contributed by atoms with van der Waals surface area (Å²) in [6, 6.07) is 6.44. The van der Waals surface area contributed by atoms with Gasteiger partial charge < -0.3 is 10.1 Å². The van der Waals surface area contributed by atoms with Crippen molar-refractivity contribution < 1.29 is 4.74 Å². The molecule has 19 heavy (non-hydrogen) atoms. The van der Waals surface area contributed by atoms with E-state index in [2.05, 4.69) is 36.3 Å². The zero-order valence-corrected chi connectivity index (χ0v) is 12.7. The van der Waals surface area contributed by atoms with Crippen LogP contribution in [0.3, 0.4) is 0 Å². The van der Waals surface area contributed by atoms with E-state index in [-0.39, 0.29) is 6.04 Å². The zero-order valence-electron chi connectivity index (χ0n) is 11.9. The van der Waals surface area contributed by atoms with Gasteiger partial charge in [0.05, 0.1) is 18.2 Å². The first-order valence-electron chi connectivity index (χ1n) is 6.46. The maximum Gasteiger partial charge on any atom is 0.119 e. The van der Waals surface area contributed by atoms with E-state index in [1.807, 2.05) is 19.2 Å². The van der Waals surface area contributed by atoms with E-state index in [0.717, 1.165) is 17.3 Å². The number of hydrogen-bond donors (Lipinski definition) is 1. The molecule has 1 atom stereocenters. The summed E-state index contributed by atoms with van der Waals surface area (Å²) in [7, 11) is 1.70. The van der Waals surface area contributed by atoms with E-state index in [1.54, 1.807) is 18.4 Å². The number of benzene rings is 1. The van der Waals surface area contributed by atoms with Gasteiger partial charge in [0.1, 0.15) is 5.75 Å². The van der Waals surface area contributed by atoms with Crippen molar-refractivity contribution in [3.63, 3.8) is 0 Å². The van der Waals surface area contributed by atoms with Gasteiger partial charge in [-0.3, -0.25) is 0 Å². The Bertz CT molecular complexity index is 551. The average Bonchev–Trinajstić information content (AvgIpc) is 2.83. The SMILES string of the molecule is CCNC(c1cnc(C)s1)c1ccc(OC)cc1C. The predicted molar refractivity (Wildman–Crippen MR) is 80.1 cm³/mol. The molecular weight excluding hydrogens is 256 g/mol. The van der Waals surface area contributed by atoms with Crippen LogP contribution in [0.1, 0.15) is 34.0 Å². The van der Waals surface area contributed by atoms with Crippen LogP contribution in [0.15, 0.2) is 24.4 Å². The standard InChI is InChI=1S/C15H20N2OS/c1-5-16-15(14-9-17-11(3)19-14)13-7-6-12(18-4)8-10(13)2/h6-9,15-16H,5H2,1-4H3. The molecule has 0 fully saturated rings. The van der Waals surface area contributed by atoms with Crippen LogP contribution < -0.4 is 10.1 Å². The van der Waals surface area contributed by atoms with Gasteiger partial charge in [-0.05, 0) is 43.7 Å². The summed E-state index contributed by atoms with van der Waals surface area (Å²) in [5, 5.41) is 4.64. The lowest BCUT2D eigenvalue weighted by molar-refractivity contribution is 0.414. The van der Waals surface area contributed by atoms with Gasteiger partial charge in [0.25, 0.3) is 0 Å². The van der Waals surface area contributed by atoms with E-state index < -0.39 is 0 Å². The van der Waals surface area contributed by atoms with Crippen molar-refractivity contribution >= 4 is 11.3 Å². The molecule has 0 aliphatic rings. The molecule has 1 unspecified atom stereocenters. The maximum atomic E-state index is 5.27. The molecule has 0 radical (unpaired) electrons. The van der Waals surface area contributed by atoms with Crippen molar-refractivity contribution in [2.45, 2.75) is 26.8 Å². The summed E-state index contributed by atoms with van der Waals surface area (Å²) < 4.78 is 5.27. The molecule has 0 aliphatic heterocycles. The Labute approximate surface area is 118 Å². The van der Waals surface area contributed by atoms with E-state index in [0.29, 0.717) is 0 Å². The second kappa shape index (κ2) is 6.17. The molecule has 1 heterocycles. The molecular formula is C15H20N2OS. The third-order valence-electron chi connectivity index (χ3n) is 3.12. The van der Waals surface area contributed by atoms with Crippen molar-refractivity contribution in [3.8, 4) is 5.75 Å². The average molecular weight is 276 g/mol. The Hall–Kier alpha value is -1.39. The van der Waals surface area contributed by atoms with Gasteiger partial charge in [0.15, 0.2) is 0 Å². The van der Waals surface area contributed by atoms with Crippen LogP contribution in [-0.2, 0) is 0 Å². The Kier molecular flexibility index (Phi) is 4.56. The molecule has 0 amide bonds. The summed E-state index contributed by atoms with van der Waals surface area (Å²) in [4.78, 5) is 5.62. The van der Waals surface area contributed by atoms with Gasteiger partial charge in [-0.2, -0.15) is 0 Å². The zero-order chi connectivity index (χ0) is 13.8. The van der Waals surface area contributed by atoms with Gasteiger partial charge in [-0.25, -0.2) is 4.98 Å². The number of thiazole rings is 1. The Morgan fingerprint density at radius 1 is 1.37 bits per heavy atom. The number of hydrogen-bond acceptors (Lipinski definition) is 4. The van der Waals surface area contributed by atoms with Crippen molar-refractivity contribution in [2.24, 2.45) is 0 Å². The molecule has 0 spiro atoms. The molecule has 1 aromatic carbocycles.